The first-order chi connectivity index (χ1) is 3.34. The molecule has 0 amide bonds. The van der Waals surface area contributed by atoms with Crippen molar-refractivity contribution in [2.45, 2.75) is 5.37 Å². The van der Waals surface area contributed by atoms with Crippen molar-refractivity contribution < 1.29 is 4.79 Å². The van der Waals surface area contributed by atoms with Crippen LogP contribution in [0, 0.1) is 0 Å². The van der Waals surface area contributed by atoms with Gasteiger partial charge in [0, 0.05) is 0 Å². The number of carbonyl (C=O) groups excluding carboxylic acids is 1. The Bertz CT molecular complexity index is 94.9. The van der Waals surface area contributed by atoms with Crippen LogP contribution in [0.1, 0.15) is 0 Å². The molecule has 1 fully saturated rings. The highest BCUT2D eigenvalue weighted by Crippen LogP contribution is 2.17. The van der Waals surface area contributed by atoms with Crippen LogP contribution in [0.2, 0.25) is 0 Å². The standard InChI is InChI=1S/C3H4ClNOS/c4-7-3-2(6)1-5-3/h3,5H,1H2. The largest absolute Gasteiger partial charge is 0.295 e. The Labute approximate surface area is 50.1 Å². The lowest BCUT2D eigenvalue weighted by atomic mass is 10.3. The van der Waals surface area contributed by atoms with Gasteiger partial charge in [0.25, 0.3) is 0 Å². The summed E-state index contributed by atoms with van der Waals surface area (Å²) in [7, 11) is 6.26. The molecule has 1 unspecified atom stereocenters. The fourth-order valence-corrected chi connectivity index (χ4v) is 1.17. The van der Waals surface area contributed by atoms with Crippen LogP contribution in [0.3, 0.4) is 0 Å². The highest BCUT2D eigenvalue weighted by Gasteiger charge is 2.26. The van der Waals surface area contributed by atoms with Gasteiger partial charge in [-0.15, -0.1) is 0 Å². The summed E-state index contributed by atoms with van der Waals surface area (Å²) in [5.41, 5.74) is 0. The van der Waals surface area contributed by atoms with E-state index in [1.165, 1.54) is 0 Å². The van der Waals surface area contributed by atoms with Crippen LogP contribution in [-0.4, -0.2) is 17.7 Å². The fraction of sp³-hybridized carbons (Fsp3) is 0.667. The number of Topliss-reactive ketones (excluding diaryl/α,β-unsaturated/α-hetero) is 1. The molecule has 0 aromatic carbocycles. The molecule has 1 saturated heterocycles. The predicted octanol–water partition coefficient (Wildman–Crippen LogP) is 0.372. The molecule has 1 atom stereocenters. The number of hydrogen-bond acceptors (Lipinski definition) is 3. The Kier molecular flexibility index (Phi) is 1.57. The summed E-state index contributed by atoms with van der Waals surface area (Å²) in [5.74, 6) is 0.194. The normalized spacial score (nSPS) is 29.9. The van der Waals surface area contributed by atoms with E-state index in [0.29, 0.717) is 6.54 Å². The van der Waals surface area contributed by atoms with Crippen molar-refractivity contribution in [3.63, 3.8) is 0 Å². The van der Waals surface area contributed by atoms with Gasteiger partial charge < -0.3 is 0 Å². The lowest BCUT2D eigenvalue weighted by molar-refractivity contribution is -0.122. The lowest BCUT2D eigenvalue weighted by Crippen LogP contribution is -2.50. The Morgan fingerprint density at radius 3 is 2.71 bits per heavy atom. The van der Waals surface area contributed by atoms with Gasteiger partial charge in [-0.05, 0) is 21.7 Å². The Morgan fingerprint density at radius 2 is 2.71 bits per heavy atom. The Hall–Kier alpha value is 0.270. The SMILES string of the molecule is O=C1CNC1SCl. The monoisotopic (exact) mass is 137 g/mol. The van der Waals surface area contributed by atoms with E-state index in [9.17, 15) is 4.79 Å². The van der Waals surface area contributed by atoms with Crippen molar-refractivity contribution in [1.29, 1.82) is 0 Å². The number of nitrogens with one attached hydrogen (secondary N) is 1. The highest BCUT2D eigenvalue weighted by atomic mass is 35.7. The Balaban J connectivity index is 2.29. The summed E-state index contributed by atoms with van der Waals surface area (Å²) < 4.78 is 0. The third-order valence-electron chi connectivity index (χ3n) is 0.843. The van der Waals surface area contributed by atoms with Crippen molar-refractivity contribution in [1.82, 2.24) is 5.32 Å². The van der Waals surface area contributed by atoms with Crippen LogP contribution >= 0.6 is 21.7 Å². The van der Waals surface area contributed by atoms with Crippen molar-refractivity contribution in [2.75, 3.05) is 6.54 Å². The molecule has 0 aromatic heterocycles. The first kappa shape index (κ1) is 5.41. The van der Waals surface area contributed by atoms with E-state index in [2.05, 4.69) is 5.32 Å². The van der Waals surface area contributed by atoms with Gasteiger partial charge in [-0.1, -0.05) is 0 Å². The molecule has 0 bridgehead atoms. The summed E-state index contributed by atoms with van der Waals surface area (Å²) in [6.07, 6.45) is 0. The molecule has 0 spiro atoms. The molecule has 40 valence electrons. The smallest absolute Gasteiger partial charge is 0.174 e. The van der Waals surface area contributed by atoms with E-state index in [0.717, 1.165) is 11.0 Å². The zero-order valence-corrected chi connectivity index (χ0v) is 5.05. The molecule has 0 aromatic rings. The Morgan fingerprint density at radius 1 is 2.00 bits per heavy atom. The average Bonchev–Trinajstić information content (AvgIpc) is 1.65. The number of halogens is 1. The summed E-state index contributed by atoms with van der Waals surface area (Å²) in [5, 5.41) is 2.70. The summed E-state index contributed by atoms with van der Waals surface area (Å²) in [4.78, 5) is 10.3. The van der Waals surface area contributed by atoms with E-state index in [4.69, 9.17) is 10.7 Å². The van der Waals surface area contributed by atoms with E-state index < -0.39 is 0 Å². The molecule has 1 aliphatic heterocycles. The van der Waals surface area contributed by atoms with Crippen molar-refractivity contribution >= 4 is 27.4 Å². The zero-order valence-electron chi connectivity index (χ0n) is 3.48. The van der Waals surface area contributed by atoms with Crippen LogP contribution in [0.4, 0.5) is 0 Å². The number of hydrogen-bond donors (Lipinski definition) is 1. The van der Waals surface area contributed by atoms with Crippen molar-refractivity contribution in [2.24, 2.45) is 0 Å². The van der Waals surface area contributed by atoms with Gasteiger partial charge >= 0.3 is 0 Å². The van der Waals surface area contributed by atoms with Crippen LogP contribution in [0.25, 0.3) is 0 Å². The van der Waals surface area contributed by atoms with Gasteiger partial charge in [-0.3, -0.25) is 10.1 Å². The molecule has 0 radical (unpaired) electrons. The topological polar surface area (TPSA) is 29.1 Å². The first-order valence-corrected chi connectivity index (χ1v) is 3.58. The van der Waals surface area contributed by atoms with Crippen molar-refractivity contribution in [3.05, 3.63) is 0 Å². The summed E-state index contributed by atoms with van der Waals surface area (Å²) in [6, 6.07) is 0. The van der Waals surface area contributed by atoms with Gasteiger partial charge in [-0.2, -0.15) is 0 Å². The maximum atomic E-state index is 10.3. The second-order valence-electron chi connectivity index (χ2n) is 1.32. The van der Waals surface area contributed by atoms with Crippen LogP contribution in [0.5, 0.6) is 0 Å². The van der Waals surface area contributed by atoms with Crippen LogP contribution < -0.4 is 5.32 Å². The molecule has 7 heavy (non-hydrogen) atoms. The number of carbonyl (C=O) groups is 1. The maximum Gasteiger partial charge on any atom is 0.174 e. The van der Waals surface area contributed by atoms with Crippen LogP contribution in [0.15, 0.2) is 0 Å². The minimum atomic E-state index is -0.123. The molecule has 1 aliphatic rings. The van der Waals surface area contributed by atoms with Gasteiger partial charge in [0.15, 0.2) is 5.78 Å². The molecular formula is C3H4ClNOS. The minimum Gasteiger partial charge on any atom is -0.295 e. The van der Waals surface area contributed by atoms with Gasteiger partial charge in [-0.25, -0.2) is 0 Å². The summed E-state index contributed by atoms with van der Waals surface area (Å²) in [6.45, 7) is 0.490. The minimum absolute atomic E-state index is 0.123. The van der Waals surface area contributed by atoms with Gasteiger partial charge in [0.1, 0.15) is 5.37 Å². The molecule has 0 aliphatic carbocycles. The molecule has 1 N–H and O–H groups in total. The molecule has 1 rings (SSSR count). The third-order valence-corrected chi connectivity index (χ3v) is 1.99. The quantitative estimate of drug-likeness (QED) is 0.566. The molecule has 1 heterocycles. The molecular weight excluding hydrogens is 134 g/mol. The first-order valence-electron chi connectivity index (χ1n) is 1.88. The molecule has 4 heteroatoms. The number of rotatable bonds is 1. The van der Waals surface area contributed by atoms with E-state index in [-0.39, 0.29) is 11.2 Å². The highest BCUT2D eigenvalue weighted by molar-refractivity contribution is 8.22. The third kappa shape index (κ3) is 0.900. The zero-order chi connectivity index (χ0) is 5.28. The van der Waals surface area contributed by atoms with E-state index in [1.54, 1.807) is 0 Å². The fourth-order valence-electron chi connectivity index (χ4n) is 0.350. The predicted molar refractivity (Wildman–Crippen MR) is 30.2 cm³/mol. The van der Waals surface area contributed by atoms with Crippen molar-refractivity contribution in [3.8, 4) is 0 Å². The second-order valence-corrected chi connectivity index (χ2v) is 2.50. The molecule has 2 nitrogen and oxygen atoms in total. The van der Waals surface area contributed by atoms with Gasteiger partial charge in [0.2, 0.25) is 0 Å². The second kappa shape index (κ2) is 2.03. The number of ketones is 1. The molecule has 0 saturated carbocycles. The average molecular weight is 138 g/mol. The summed E-state index contributed by atoms with van der Waals surface area (Å²) >= 11 is 0. The van der Waals surface area contributed by atoms with E-state index in [1.807, 2.05) is 0 Å². The maximum absolute atomic E-state index is 10.3. The van der Waals surface area contributed by atoms with Gasteiger partial charge in [0.05, 0.1) is 6.54 Å². The van der Waals surface area contributed by atoms with Crippen LogP contribution in [-0.2, 0) is 4.79 Å². The van der Waals surface area contributed by atoms with E-state index >= 15 is 0 Å². The lowest BCUT2D eigenvalue weighted by Gasteiger charge is -2.21.